The first kappa shape index (κ1) is 13.8. The Kier molecular flexibility index (Phi) is 3.57. The van der Waals surface area contributed by atoms with E-state index in [0.717, 1.165) is 5.39 Å². The number of amides is 1. The highest BCUT2D eigenvalue weighted by molar-refractivity contribution is 6.04. The molecule has 3 rings (SSSR count). The molecule has 0 radical (unpaired) electrons. The van der Waals surface area contributed by atoms with Crippen molar-refractivity contribution in [2.24, 2.45) is 0 Å². The second-order valence-electron chi connectivity index (χ2n) is 4.60. The standard InChI is InChI=1S/C16H13N3O3/c1-22-14-8-6-10-5-7-13(17-15(10)19-14)18-16(21)11-3-2-4-12(20)9-11/h2-9,20H,1H3,(H,17,18,19,21). The van der Waals surface area contributed by atoms with Crippen LogP contribution in [0, 0.1) is 0 Å². The van der Waals surface area contributed by atoms with E-state index >= 15 is 0 Å². The summed E-state index contributed by atoms with van der Waals surface area (Å²) in [6.45, 7) is 0. The van der Waals surface area contributed by atoms with Gasteiger partial charge in [0.25, 0.3) is 5.91 Å². The maximum absolute atomic E-state index is 12.1. The quantitative estimate of drug-likeness (QED) is 0.776. The van der Waals surface area contributed by atoms with E-state index in [9.17, 15) is 9.90 Å². The van der Waals surface area contributed by atoms with Gasteiger partial charge in [0.1, 0.15) is 11.6 Å². The number of aromatic nitrogens is 2. The van der Waals surface area contributed by atoms with E-state index in [2.05, 4.69) is 15.3 Å². The normalized spacial score (nSPS) is 10.4. The third kappa shape index (κ3) is 2.80. The van der Waals surface area contributed by atoms with Crippen molar-refractivity contribution in [1.82, 2.24) is 9.97 Å². The zero-order chi connectivity index (χ0) is 15.5. The van der Waals surface area contributed by atoms with Crippen LogP contribution < -0.4 is 10.1 Å². The summed E-state index contributed by atoms with van der Waals surface area (Å²) < 4.78 is 5.06. The number of hydrogen-bond acceptors (Lipinski definition) is 5. The minimum Gasteiger partial charge on any atom is -0.508 e. The second-order valence-corrected chi connectivity index (χ2v) is 4.60. The minimum atomic E-state index is -0.356. The number of phenols is 1. The molecule has 0 saturated heterocycles. The number of aromatic hydroxyl groups is 1. The number of phenolic OH excluding ortho intramolecular Hbond substituents is 1. The van der Waals surface area contributed by atoms with Gasteiger partial charge in [0, 0.05) is 17.0 Å². The van der Waals surface area contributed by atoms with Crippen molar-refractivity contribution in [3.8, 4) is 11.6 Å². The van der Waals surface area contributed by atoms with Crippen molar-refractivity contribution >= 4 is 22.8 Å². The molecule has 22 heavy (non-hydrogen) atoms. The molecule has 6 heteroatoms. The lowest BCUT2D eigenvalue weighted by Gasteiger charge is -2.06. The van der Waals surface area contributed by atoms with Crippen molar-refractivity contribution in [3.05, 3.63) is 54.1 Å². The molecule has 0 atom stereocenters. The minimum absolute atomic E-state index is 0.0329. The lowest BCUT2D eigenvalue weighted by Crippen LogP contribution is -2.12. The highest BCUT2D eigenvalue weighted by atomic mass is 16.5. The van der Waals surface area contributed by atoms with Gasteiger partial charge in [0.15, 0.2) is 5.65 Å². The van der Waals surface area contributed by atoms with E-state index in [1.165, 1.54) is 19.2 Å². The molecule has 0 unspecified atom stereocenters. The van der Waals surface area contributed by atoms with Gasteiger partial charge in [0.05, 0.1) is 7.11 Å². The third-order valence-corrected chi connectivity index (χ3v) is 3.09. The molecule has 0 bridgehead atoms. The number of nitrogens with zero attached hydrogens (tertiary/aromatic N) is 2. The van der Waals surface area contributed by atoms with Crippen LogP contribution in [0.15, 0.2) is 48.5 Å². The van der Waals surface area contributed by atoms with Gasteiger partial charge in [0.2, 0.25) is 5.88 Å². The average molecular weight is 295 g/mol. The number of fused-ring (bicyclic) bond motifs is 1. The van der Waals surface area contributed by atoms with Crippen LogP contribution in [0.1, 0.15) is 10.4 Å². The van der Waals surface area contributed by atoms with Gasteiger partial charge in [-0.15, -0.1) is 0 Å². The van der Waals surface area contributed by atoms with Gasteiger partial charge in [-0.25, -0.2) is 4.98 Å². The van der Waals surface area contributed by atoms with Crippen LogP contribution in [-0.2, 0) is 0 Å². The van der Waals surface area contributed by atoms with E-state index in [1.807, 2.05) is 12.1 Å². The van der Waals surface area contributed by atoms with Crippen molar-refractivity contribution in [1.29, 1.82) is 0 Å². The Morgan fingerprint density at radius 3 is 2.73 bits per heavy atom. The highest BCUT2D eigenvalue weighted by Gasteiger charge is 2.08. The summed E-state index contributed by atoms with van der Waals surface area (Å²) in [5.41, 5.74) is 0.827. The van der Waals surface area contributed by atoms with Crippen LogP contribution in [0.2, 0.25) is 0 Å². The van der Waals surface area contributed by atoms with Crippen molar-refractivity contribution < 1.29 is 14.6 Å². The maximum atomic E-state index is 12.1. The van der Waals surface area contributed by atoms with Crippen LogP contribution in [-0.4, -0.2) is 28.1 Å². The van der Waals surface area contributed by atoms with Crippen molar-refractivity contribution in [2.45, 2.75) is 0 Å². The number of carbonyl (C=O) groups is 1. The first-order valence-electron chi connectivity index (χ1n) is 6.58. The molecule has 2 aromatic heterocycles. The summed E-state index contributed by atoms with van der Waals surface area (Å²) in [5.74, 6) is 0.509. The van der Waals surface area contributed by atoms with Gasteiger partial charge in [-0.05, 0) is 36.4 Å². The second kappa shape index (κ2) is 5.69. The largest absolute Gasteiger partial charge is 0.508 e. The Balaban J connectivity index is 1.88. The molecule has 3 aromatic rings. The number of hydrogen-bond donors (Lipinski definition) is 2. The lowest BCUT2D eigenvalue weighted by molar-refractivity contribution is 0.102. The number of anilines is 1. The molecule has 2 heterocycles. The zero-order valence-corrected chi connectivity index (χ0v) is 11.8. The van der Waals surface area contributed by atoms with Crippen molar-refractivity contribution in [3.63, 3.8) is 0 Å². The van der Waals surface area contributed by atoms with Gasteiger partial charge in [-0.1, -0.05) is 6.07 Å². The van der Waals surface area contributed by atoms with Crippen molar-refractivity contribution in [2.75, 3.05) is 12.4 Å². The van der Waals surface area contributed by atoms with E-state index in [1.54, 1.807) is 24.3 Å². The summed E-state index contributed by atoms with van der Waals surface area (Å²) in [4.78, 5) is 20.6. The number of pyridine rings is 2. The Hall–Kier alpha value is -3.15. The number of benzene rings is 1. The monoisotopic (exact) mass is 295 g/mol. The number of nitrogens with one attached hydrogen (secondary N) is 1. The summed E-state index contributed by atoms with van der Waals surface area (Å²) >= 11 is 0. The summed E-state index contributed by atoms with van der Waals surface area (Å²) in [6.07, 6.45) is 0. The third-order valence-electron chi connectivity index (χ3n) is 3.09. The maximum Gasteiger partial charge on any atom is 0.256 e. The summed E-state index contributed by atoms with van der Waals surface area (Å²) in [7, 11) is 1.53. The molecule has 0 aliphatic heterocycles. The number of rotatable bonds is 3. The molecule has 1 aromatic carbocycles. The Morgan fingerprint density at radius 2 is 1.95 bits per heavy atom. The van der Waals surface area contributed by atoms with E-state index in [-0.39, 0.29) is 11.7 Å². The van der Waals surface area contributed by atoms with Crippen LogP contribution in [0.4, 0.5) is 5.82 Å². The first-order chi connectivity index (χ1) is 10.7. The van der Waals surface area contributed by atoms with Gasteiger partial charge < -0.3 is 15.2 Å². The van der Waals surface area contributed by atoms with E-state index in [0.29, 0.717) is 22.9 Å². The predicted molar refractivity (Wildman–Crippen MR) is 82.2 cm³/mol. The molecule has 6 nitrogen and oxygen atoms in total. The fourth-order valence-corrected chi connectivity index (χ4v) is 2.00. The van der Waals surface area contributed by atoms with Crippen LogP contribution in [0.3, 0.4) is 0 Å². The smallest absolute Gasteiger partial charge is 0.256 e. The molecule has 0 saturated carbocycles. The highest BCUT2D eigenvalue weighted by Crippen LogP contribution is 2.18. The predicted octanol–water partition coefficient (Wildman–Crippen LogP) is 2.60. The van der Waals surface area contributed by atoms with Crippen LogP contribution in [0.5, 0.6) is 11.6 Å². The fourth-order valence-electron chi connectivity index (χ4n) is 2.00. The average Bonchev–Trinajstić information content (AvgIpc) is 2.54. The van der Waals surface area contributed by atoms with Crippen LogP contribution in [0.25, 0.3) is 11.0 Å². The fraction of sp³-hybridized carbons (Fsp3) is 0.0625. The molecular weight excluding hydrogens is 282 g/mol. The Morgan fingerprint density at radius 1 is 1.14 bits per heavy atom. The molecule has 2 N–H and O–H groups in total. The van der Waals surface area contributed by atoms with E-state index in [4.69, 9.17) is 4.74 Å². The molecule has 0 spiro atoms. The number of ether oxygens (including phenoxy) is 1. The van der Waals surface area contributed by atoms with Gasteiger partial charge in [-0.3, -0.25) is 4.79 Å². The first-order valence-corrected chi connectivity index (χ1v) is 6.58. The molecular formula is C16H13N3O3. The molecule has 0 aliphatic carbocycles. The van der Waals surface area contributed by atoms with Crippen LogP contribution >= 0.6 is 0 Å². The number of methoxy groups -OCH3 is 1. The Labute approximate surface area is 126 Å². The molecule has 110 valence electrons. The SMILES string of the molecule is COc1ccc2ccc(NC(=O)c3cccc(O)c3)nc2n1. The zero-order valence-electron chi connectivity index (χ0n) is 11.8. The topological polar surface area (TPSA) is 84.3 Å². The number of carbonyl (C=O) groups excluding carboxylic acids is 1. The molecule has 0 fully saturated rings. The van der Waals surface area contributed by atoms with Gasteiger partial charge >= 0.3 is 0 Å². The Bertz CT molecular complexity index is 849. The summed E-state index contributed by atoms with van der Waals surface area (Å²) in [6, 6.07) is 13.2. The van der Waals surface area contributed by atoms with Gasteiger partial charge in [-0.2, -0.15) is 4.98 Å². The molecule has 1 amide bonds. The molecule has 0 aliphatic rings. The lowest BCUT2D eigenvalue weighted by atomic mass is 10.2. The van der Waals surface area contributed by atoms with E-state index < -0.39 is 0 Å². The summed E-state index contributed by atoms with van der Waals surface area (Å²) in [5, 5.41) is 12.9.